The lowest BCUT2D eigenvalue weighted by Gasteiger charge is -2.22. The standard InChI is InChI=1S/C19H26N4O4/c1-13(2)9-10-19(3)16(25)23(18(27)22-19)12-15(24)21-17(26)20-11-14-7-5-4-6-8-14/h4-8,13H,9-12H2,1-3H3,(H,22,27)(H2,20,21,24,26)/t19-/m0/s1. The third kappa shape index (κ3) is 5.54. The van der Waals surface area contributed by atoms with Crippen molar-refractivity contribution in [1.82, 2.24) is 20.9 Å². The van der Waals surface area contributed by atoms with Crippen LogP contribution in [0, 0.1) is 5.92 Å². The van der Waals surface area contributed by atoms with Crippen LogP contribution in [0.1, 0.15) is 39.2 Å². The van der Waals surface area contributed by atoms with Crippen LogP contribution < -0.4 is 16.0 Å². The van der Waals surface area contributed by atoms with Crippen molar-refractivity contribution in [3.05, 3.63) is 35.9 Å². The monoisotopic (exact) mass is 374 g/mol. The molecule has 8 nitrogen and oxygen atoms in total. The van der Waals surface area contributed by atoms with Gasteiger partial charge in [-0.25, -0.2) is 9.59 Å². The fourth-order valence-electron chi connectivity index (χ4n) is 2.77. The van der Waals surface area contributed by atoms with Gasteiger partial charge in [0, 0.05) is 6.54 Å². The van der Waals surface area contributed by atoms with Crippen LogP contribution in [0.4, 0.5) is 9.59 Å². The van der Waals surface area contributed by atoms with E-state index in [0.717, 1.165) is 16.9 Å². The van der Waals surface area contributed by atoms with Gasteiger partial charge in [-0.15, -0.1) is 0 Å². The Labute approximate surface area is 158 Å². The van der Waals surface area contributed by atoms with E-state index in [-0.39, 0.29) is 6.54 Å². The van der Waals surface area contributed by atoms with Crippen molar-refractivity contribution in [3.8, 4) is 0 Å². The fraction of sp³-hybridized carbons (Fsp3) is 0.474. The lowest BCUT2D eigenvalue weighted by molar-refractivity contribution is -0.134. The predicted octanol–water partition coefficient (Wildman–Crippen LogP) is 1.76. The number of nitrogens with one attached hydrogen (secondary N) is 3. The minimum absolute atomic E-state index is 0.260. The minimum Gasteiger partial charge on any atom is -0.334 e. The Morgan fingerprint density at radius 3 is 2.48 bits per heavy atom. The van der Waals surface area contributed by atoms with E-state index in [1.54, 1.807) is 6.92 Å². The van der Waals surface area contributed by atoms with Gasteiger partial charge in [-0.3, -0.25) is 19.8 Å². The highest BCUT2D eigenvalue weighted by Gasteiger charge is 2.47. The van der Waals surface area contributed by atoms with Gasteiger partial charge in [0.1, 0.15) is 12.1 Å². The molecule has 1 fully saturated rings. The zero-order valence-electron chi connectivity index (χ0n) is 15.9. The molecule has 1 aromatic carbocycles. The van der Waals surface area contributed by atoms with E-state index in [0.29, 0.717) is 12.3 Å². The highest BCUT2D eigenvalue weighted by atomic mass is 16.2. The number of urea groups is 2. The second-order valence-corrected chi connectivity index (χ2v) is 7.30. The average molecular weight is 374 g/mol. The number of nitrogens with zero attached hydrogens (tertiary/aromatic N) is 1. The van der Waals surface area contributed by atoms with E-state index < -0.39 is 36.0 Å². The number of imide groups is 2. The van der Waals surface area contributed by atoms with Gasteiger partial charge in [0.15, 0.2) is 0 Å². The molecule has 1 aliphatic rings. The van der Waals surface area contributed by atoms with Gasteiger partial charge < -0.3 is 10.6 Å². The first-order valence-corrected chi connectivity index (χ1v) is 8.97. The Kier molecular flexibility index (Phi) is 6.55. The summed E-state index contributed by atoms with van der Waals surface area (Å²) in [5.41, 5.74) is -0.132. The third-order valence-corrected chi connectivity index (χ3v) is 4.42. The molecule has 0 aromatic heterocycles. The number of carbonyl (C=O) groups excluding carboxylic acids is 4. The van der Waals surface area contributed by atoms with Gasteiger partial charge in [0.25, 0.3) is 5.91 Å². The van der Waals surface area contributed by atoms with Gasteiger partial charge in [0.05, 0.1) is 0 Å². The number of benzene rings is 1. The summed E-state index contributed by atoms with van der Waals surface area (Å²) in [6.45, 7) is 5.48. The van der Waals surface area contributed by atoms with Gasteiger partial charge in [-0.1, -0.05) is 44.2 Å². The molecular formula is C19H26N4O4. The van der Waals surface area contributed by atoms with Crippen LogP contribution >= 0.6 is 0 Å². The molecule has 6 amide bonds. The molecule has 1 aromatic rings. The number of rotatable bonds is 7. The molecule has 1 aliphatic heterocycles. The largest absolute Gasteiger partial charge is 0.334 e. The zero-order chi connectivity index (χ0) is 20.0. The van der Waals surface area contributed by atoms with E-state index >= 15 is 0 Å². The molecule has 0 radical (unpaired) electrons. The maximum atomic E-state index is 12.5. The summed E-state index contributed by atoms with van der Waals surface area (Å²) >= 11 is 0. The second-order valence-electron chi connectivity index (χ2n) is 7.30. The van der Waals surface area contributed by atoms with Crippen LogP contribution in [0.3, 0.4) is 0 Å². The summed E-state index contributed by atoms with van der Waals surface area (Å²) in [6, 6.07) is 7.92. The van der Waals surface area contributed by atoms with Gasteiger partial charge in [-0.05, 0) is 31.2 Å². The van der Waals surface area contributed by atoms with E-state index in [9.17, 15) is 19.2 Å². The first-order chi connectivity index (χ1) is 12.7. The Morgan fingerprint density at radius 1 is 1.19 bits per heavy atom. The van der Waals surface area contributed by atoms with Crippen molar-refractivity contribution in [3.63, 3.8) is 0 Å². The van der Waals surface area contributed by atoms with E-state index in [1.807, 2.05) is 44.2 Å². The highest BCUT2D eigenvalue weighted by molar-refractivity contribution is 6.09. The third-order valence-electron chi connectivity index (χ3n) is 4.42. The topological polar surface area (TPSA) is 108 Å². The molecule has 27 heavy (non-hydrogen) atoms. The molecule has 1 atom stereocenters. The summed E-state index contributed by atoms with van der Waals surface area (Å²) in [5, 5.41) is 7.33. The predicted molar refractivity (Wildman–Crippen MR) is 99.5 cm³/mol. The molecule has 0 saturated carbocycles. The van der Waals surface area contributed by atoms with Crippen molar-refractivity contribution in [2.75, 3.05) is 6.54 Å². The highest BCUT2D eigenvalue weighted by Crippen LogP contribution is 2.24. The first kappa shape index (κ1) is 20.4. The molecule has 0 bridgehead atoms. The van der Waals surface area contributed by atoms with Crippen molar-refractivity contribution in [2.24, 2.45) is 5.92 Å². The zero-order valence-corrected chi connectivity index (χ0v) is 15.9. The van der Waals surface area contributed by atoms with Crippen LogP contribution in [-0.2, 0) is 16.1 Å². The molecule has 3 N–H and O–H groups in total. The van der Waals surface area contributed by atoms with E-state index in [1.165, 1.54) is 0 Å². The lowest BCUT2D eigenvalue weighted by atomic mass is 9.92. The molecule has 1 heterocycles. The molecule has 0 unspecified atom stereocenters. The molecule has 0 aliphatic carbocycles. The Balaban J connectivity index is 1.84. The Bertz CT molecular complexity index is 720. The van der Waals surface area contributed by atoms with E-state index in [2.05, 4.69) is 16.0 Å². The Hall–Kier alpha value is -2.90. The van der Waals surface area contributed by atoms with E-state index in [4.69, 9.17) is 0 Å². The molecular weight excluding hydrogens is 348 g/mol. The van der Waals surface area contributed by atoms with Gasteiger partial charge in [0.2, 0.25) is 5.91 Å². The summed E-state index contributed by atoms with van der Waals surface area (Å²) in [6.07, 6.45) is 1.26. The maximum Gasteiger partial charge on any atom is 0.325 e. The van der Waals surface area contributed by atoms with Gasteiger partial charge in [-0.2, -0.15) is 0 Å². The maximum absolute atomic E-state index is 12.5. The van der Waals surface area contributed by atoms with Crippen molar-refractivity contribution in [1.29, 1.82) is 0 Å². The van der Waals surface area contributed by atoms with Crippen molar-refractivity contribution < 1.29 is 19.2 Å². The fourth-order valence-corrected chi connectivity index (χ4v) is 2.77. The summed E-state index contributed by atoms with van der Waals surface area (Å²) in [4.78, 5) is 49.3. The average Bonchev–Trinajstić information content (AvgIpc) is 2.83. The molecule has 146 valence electrons. The Morgan fingerprint density at radius 2 is 1.85 bits per heavy atom. The summed E-state index contributed by atoms with van der Waals surface area (Å²) in [7, 11) is 0. The SMILES string of the molecule is CC(C)CC[C@]1(C)NC(=O)N(CC(=O)NC(=O)NCc2ccccc2)C1=O. The second kappa shape index (κ2) is 8.66. The normalized spacial score (nSPS) is 19.2. The van der Waals surface area contributed by atoms with Crippen LogP contribution in [0.15, 0.2) is 30.3 Å². The number of hydrogen-bond acceptors (Lipinski definition) is 4. The smallest absolute Gasteiger partial charge is 0.325 e. The minimum atomic E-state index is -1.02. The van der Waals surface area contributed by atoms with Crippen LogP contribution in [-0.4, -0.2) is 40.9 Å². The lowest BCUT2D eigenvalue weighted by Crippen LogP contribution is -2.47. The van der Waals surface area contributed by atoms with Crippen molar-refractivity contribution in [2.45, 2.75) is 45.7 Å². The quantitative estimate of drug-likeness (QED) is 0.632. The summed E-state index contributed by atoms with van der Waals surface area (Å²) < 4.78 is 0. The molecule has 1 saturated heterocycles. The van der Waals surface area contributed by atoms with Crippen LogP contribution in [0.25, 0.3) is 0 Å². The van der Waals surface area contributed by atoms with Crippen LogP contribution in [0.2, 0.25) is 0 Å². The van der Waals surface area contributed by atoms with Crippen LogP contribution in [0.5, 0.6) is 0 Å². The number of hydrogen-bond donors (Lipinski definition) is 3. The molecule has 8 heteroatoms. The number of carbonyl (C=O) groups is 4. The van der Waals surface area contributed by atoms with Gasteiger partial charge >= 0.3 is 12.1 Å². The molecule has 0 spiro atoms. The first-order valence-electron chi connectivity index (χ1n) is 8.97. The molecule has 2 rings (SSSR count). The summed E-state index contributed by atoms with van der Waals surface area (Å²) in [5.74, 6) is -0.789. The number of amides is 6. The van der Waals surface area contributed by atoms with Crippen molar-refractivity contribution >= 4 is 23.9 Å².